The topological polar surface area (TPSA) is 26.0 Å². The van der Waals surface area contributed by atoms with E-state index in [0.29, 0.717) is 0 Å². The van der Waals surface area contributed by atoms with Crippen molar-refractivity contribution in [1.29, 1.82) is 0 Å². The van der Waals surface area contributed by atoms with Gasteiger partial charge in [-0.25, -0.2) is 0 Å². The van der Waals surface area contributed by atoms with Crippen molar-refractivity contribution in [3.8, 4) is 0 Å². The highest BCUT2D eigenvalue weighted by Crippen LogP contribution is 2.07. The third kappa shape index (κ3) is 9.96. The van der Waals surface area contributed by atoms with E-state index in [-0.39, 0.29) is 0 Å². The lowest BCUT2D eigenvalue weighted by atomic mass is 10.1. The molecule has 1 radical (unpaired) electrons. The monoisotopic (exact) mass is 156 g/mol. The first-order valence-electron chi connectivity index (χ1n) is 4.95. The van der Waals surface area contributed by atoms with Gasteiger partial charge in [-0.05, 0) is 6.42 Å². The number of rotatable bonds is 8. The van der Waals surface area contributed by atoms with E-state index in [4.69, 9.17) is 5.73 Å². The summed E-state index contributed by atoms with van der Waals surface area (Å²) in [7, 11) is 0. The van der Waals surface area contributed by atoms with Crippen LogP contribution in [0.4, 0.5) is 0 Å². The first kappa shape index (κ1) is 11.0. The molecule has 0 saturated heterocycles. The highest BCUT2D eigenvalue weighted by Gasteiger charge is 1.89. The van der Waals surface area contributed by atoms with Crippen molar-refractivity contribution in [1.82, 2.24) is 0 Å². The molecule has 0 fully saturated rings. The Balaban J connectivity index is 2.69. The molecular formula is C10H22N. The van der Waals surface area contributed by atoms with Crippen molar-refractivity contribution in [3.05, 3.63) is 6.54 Å². The third-order valence-corrected chi connectivity index (χ3v) is 1.97. The second-order valence-corrected chi connectivity index (χ2v) is 3.15. The van der Waals surface area contributed by atoms with Gasteiger partial charge in [-0.2, -0.15) is 0 Å². The molecule has 0 saturated carbocycles. The molecule has 0 amide bonds. The summed E-state index contributed by atoms with van der Waals surface area (Å²) in [5, 5.41) is 0. The number of hydrogen-bond acceptors (Lipinski definition) is 1. The van der Waals surface area contributed by atoms with Crippen molar-refractivity contribution in [2.75, 3.05) is 0 Å². The fourth-order valence-electron chi connectivity index (χ4n) is 1.22. The third-order valence-electron chi connectivity index (χ3n) is 1.97. The van der Waals surface area contributed by atoms with Gasteiger partial charge in [-0.3, -0.25) is 0 Å². The smallest absolute Gasteiger partial charge is 0.0192 e. The van der Waals surface area contributed by atoms with Crippen molar-refractivity contribution in [2.24, 2.45) is 5.73 Å². The minimum atomic E-state index is 1.09. The second-order valence-electron chi connectivity index (χ2n) is 3.15. The van der Waals surface area contributed by atoms with Crippen LogP contribution in [-0.4, -0.2) is 0 Å². The number of unbranched alkanes of at least 4 members (excludes halogenated alkanes) is 7. The van der Waals surface area contributed by atoms with Gasteiger partial charge in [-0.15, -0.1) is 0 Å². The Morgan fingerprint density at radius 3 is 2.00 bits per heavy atom. The Bertz CT molecular complexity index is 53.9. The minimum absolute atomic E-state index is 1.09. The molecule has 0 aliphatic rings. The van der Waals surface area contributed by atoms with Crippen LogP contribution in [0.1, 0.15) is 58.3 Å². The fraction of sp³-hybridized carbons (Fsp3) is 0.900. The maximum absolute atomic E-state index is 5.27. The number of hydrogen-bond donors (Lipinski definition) is 1. The van der Waals surface area contributed by atoms with Crippen LogP contribution in [0.3, 0.4) is 0 Å². The van der Waals surface area contributed by atoms with Crippen LogP contribution < -0.4 is 5.73 Å². The molecule has 0 aliphatic heterocycles. The van der Waals surface area contributed by atoms with E-state index >= 15 is 0 Å². The van der Waals surface area contributed by atoms with Gasteiger partial charge in [0.05, 0.1) is 0 Å². The zero-order valence-electron chi connectivity index (χ0n) is 7.81. The van der Waals surface area contributed by atoms with Crippen LogP contribution in [0, 0.1) is 6.54 Å². The lowest BCUT2D eigenvalue weighted by molar-refractivity contribution is 0.587. The van der Waals surface area contributed by atoms with E-state index in [2.05, 4.69) is 6.92 Å². The molecule has 0 aromatic rings. The summed E-state index contributed by atoms with van der Waals surface area (Å²) in [6.45, 7) is 4.02. The fourth-order valence-corrected chi connectivity index (χ4v) is 1.22. The predicted octanol–water partition coefficient (Wildman–Crippen LogP) is 3.25. The van der Waals surface area contributed by atoms with Gasteiger partial charge in [0, 0.05) is 6.54 Å². The molecule has 0 heterocycles. The molecule has 0 aromatic carbocycles. The van der Waals surface area contributed by atoms with Gasteiger partial charge in [-0.1, -0.05) is 51.9 Å². The average Bonchev–Trinajstić information content (AvgIpc) is 2.03. The molecule has 0 bridgehead atoms. The van der Waals surface area contributed by atoms with Crippen LogP contribution in [0.2, 0.25) is 0 Å². The van der Waals surface area contributed by atoms with E-state index in [0.717, 1.165) is 6.42 Å². The Labute approximate surface area is 71.4 Å². The highest BCUT2D eigenvalue weighted by molar-refractivity contribution is 4.53. The van der Waals surface area contributed by atoms with Gasteiger partial charge in [0.2, 0.25) is 0 Å². The average molecular weight is 156 g/mol. The van der Waals surface area contributed by atoms with E-state index in [1.807, 2.05) is 0 Å². The molecule has 1 heteroatoms. The van der Waals surface area contributed by atoms with E-state index in [9.17, 15) is 0 Å². The maximum atomic E-state index is 5.27. The summed E-state index contributed by atoms with van der Waals surface area (Å²) in [5.41, 5.74) is 5.27. The summed E-state index contributed by atoms with van der Waals surface area (Å²) in [5.74, 6) is 0. The molecule has 0 unspecified atom stereocenters. The van der Waals surface area contributed by atoms with Crippen LogP contribution in [-0.2, 0) is 0 Å². The lowest BCUT2D eigenvalue weighted by Crippen LogP contribution is -1.89. The standard InChI is InChI=1S/C10H22N/c1-2-3-4-5-6-7-8-9-10-11/h10H,2-9,11H2,1H3. The first-order valence-corrected chi connectivity index (χ1v) is 4.95. The summed E-state index contributed by atoms with van der Waals surface area (Å²) in [6.07, 6.45) is 10.7. The summed E-state index contributed by atoms with van der Waals surface area (Å²) in [4.78, 5) is 0. The van der Waals surface area contributed by atoms with Gasteiger partial charge < -0.3 is 5.73 Å². The molecule has 1 nitrogen and oxygen atoms in total. The number of nitrogens with two attached hydrogens (primary N) is 1. The molecular weight excluding hydrogens is 134 g/mol. The van der Waals surface area contributed by atoms with Crippen molar-refractivity contribution >= 4 is 0 Å². The molecule has 0 rings (SSSR count). The molecule has 0 aliphatic carbocycles. The van der Waals surface area contributed by atoms with Crippen molar-refractivity contribution < 1.29 is 0 Å². The molecule has 0 atom stereocenters. The predicted molar refractivity (Wildman–Crippen MR) is 51.1 cm³/mol. The van der Waals surface area contributed by atoms with Crippen LogP contribution in [0.25, 0.3) is 0 Å². The highest BCUT2D eigenvalue weighted by atomic mass is 14.5. The normalized spacial score (nSPS) is 10.4. The molecule has 11 heavy (non-hydrogen) atoms. The Hall–Kier alpha value is -0.0400. The Morgan fingerprint density at radius 2 is 1.45 bits per heavy atom. The van der Waals surface area contributed by atoms with Gasteiger partial charge in [0.15, 0.2) is 0 Å². The molecule has 67 valence electrons. The minimum Gasteiger partial charge on any atom is -0.326 e. The van der Waals surface area contributed by atoms with E-state index in [1.165, 1.54) is 44.9 Å². The SMILES string of the molecule is CCCCCCCCC[CH]N. The maximum Gasteiger partial charge on any atom is 0.0192 e. The summed E-state index contributed by atoms with van der Waals surface area (Å²) >= 11 is 0. The van der Waals surface area contributed by atoms with E-state index < -0.39 is 0 Å². The summed E-state index contributed by atoms with van der Waals surface area (Å²) < 4.78 is 0. The lowest BCUT2D eigenvalue weighted by Gasteiger charge is -1.98. The first-order chi connectivity index (χ1) is 5.41. The van der Waals surface area contributed by atoms with E-state index in [1.54, 1.807) is 6.54 Å². The second kappa shape index (κ2) is 9.96. The zero-order valence-corrected chi connectivity index (χ0v) is 7.81. The van der Waals surface area contributed by atoms with Crippen LogP contribution >= 0.6 is 0 Å². The van der Waals surface area contributed by atoms with Gasteiger partial charge in [0.1, 0.15) is 0 Å². The van der Waals surface area contributed by atoms with Gasteiger partial charge >= 0.3 is 0 Å². The Kier molecular flexibility index (Phi) is 9.92. The van der Waals surface area contributed by atoms with Crippen LogP contribution in [0.15, 0.2) is 0 Å². The Morgan fingerprint density at radius 1 is 0.909 bits per heavy atom. The van der Waals surface area contributed by atoms with Crippen LogP contribution in [0.5, 0.6) is 0 Å². The van der Waals surface area contributed by atoms with Gasteiger partial charge in [0.25, 0.3) is 0 Å². The molecule has 2 N–H and O–H groups in total. The zero-order chi connectivity index (χ0) is 8.36. The summed E-state index contributed by atoms with van der Waals surface area (Å²) in [6, 6.07) is 0. The van der Waals surface area contributed by atoms with Crippen molar-refractivity contribution in [3.63, 3.8) is 0 Å². The molecule has 0 spiro atoms. The molecule has 0 aromatic heterocycles. The van der Waals surface area contributed by atoms with Crippen molar-refractivity contribution in [2.45, 2.75) is 58.3 Å². The quantitative estimate of drug-likeness (QED) is 0.536. The largest absolute Gasteiger partial charge is 0.326 e.